The van der Waals surface area contributed by atoms with Crippen LogP contribution >= 0.6 is 0 Å². The van der Waals surface area contributed by atoms with Gasteiger partial charge in [-0.1, -0.05) is 36.4 Å². The predicted octanol–water partition coefficient (Wildman–Crippen LogP) is 2.09. The van der Waals surface area contributed by atoms with E-state index in [-0.39, 0.29) is 36.9 Å². The maximum atomic E-state index is 13.6. The molecule has 12 heteroatoms. The first kappa shape index (κ1) is 29.5. The van der Waals surface area contributed by atoms with Crippen molar-refractivity contribution in [1.29, 1.82) is 0 Å². The van der Waals surface area contributed by atoms with Crippen LogP contribution in [0, 0.1) is 0 Å². The van der Waals surface area contributed by atoms with Crippen LogP contribution < -0.4 is 31.3 Å². The molecule has 0 aliphatic heterocycles. The molecule has 3 aromatic carbocycles. The van der Waals surface area contributed by atoms with E-state index in [9.17, 15) is 28.8 Å². The molecule has 0 amide bonds. The Hall–Kier alpha value is -5.52. The summed E-state index contributed by atoms with van der Waals surface area (Å²) in [5, 5.41) is 0. The molecule has 4 aromatic rings. The molecule has 0 unspecified atom stereocenters. The summed E-state index contributed by atoms with van der Waals surface area (Å²) in [6.45, 7) is 3.06. The van der Waals surface area contributed by atoms with E-state index in [4.69, 9.17) is 14.2 Å². The second kappa shape index (κ2) is 12.8. The molecule has 0 saturated heterocycles. The van der Waals surface area contributed by atoms with Crippen molar-refractivity contribution in [2.45, 2.75) is 40.4 Å². The molecule has 0 radical (unpaired) electrons. The fourth-order valence-electron chi connectivity index (χ4n) is 4.26. The van der Waals surface area contributed by atoms with Gasteiger partial charge in [0.05, 0.1) is 19.6 Å². The van der Waals surface area contributed by atoms with Gasteiger partial charge in [0.2, 0.25) is 0 Å². The predicted molar refractivity (Wildman–Crippen MR) is 150 cm³/mol. The Balaban J connectivity index is 1.83. The van der Waals surface area contributed by atoms with E-state index in [0.717, 1.165) is 13.7 Å². The second-order valence-corrected chi connectivity index (χ2v) is 9.33. The van der Waals surface area contributed by atoms with Crippen LogP contribution in [0.15, 0.2) is 87.2 Å². The SMILES string of the molecule is CC(=O)Oc1cccc(Cn2c(=O)n(Cc3cccc(OC(C)=O)c3)c(=O)n(Cc3cccc(OC(C)=O)c3)c2=O)c1. The normalized spacial score (nSPS) is 10.6. The quantitative estimate of drug-likeness (QED) is 0.217. The fourth-order valence-corrected chi connectivity index (χ4v) is 4.26. The van der Waals surface area contributed by atoms with E-state index in [1.165, 1.54) is 39.0 Å². The summed E-state index contributed by atoms with van der Waals surface area (Å²) in [6.07, 6.45) is 0. The smallest absolute Gasteiger partial charge is 0.336 e. The molecule has 0 aliphatic rings. The Bertz CT molecular complexity index is 1610. The molecular weight excluding hydrogens is 546 g/mol. The zero-order chi connectivity index (χ0) is 30.4. The number of hydrogen-bond acceptors (Lipinski definition) is 9. The van der Waals surface area contributed by atoms with E-state index in [1.54, 1.807) is 54.6 Å². The maximum absolute atomic E-state index is 13.6. The highest BCUT2D eigenvalue weighted by molar-refractivity contribution is 5.70. The van der Waals surface area contributed by atoms with Crippen molar-refractivity contribution < 1.29 is 28.6 Å². The molecule has 42 heavy (non-hydrogen) atoms. The van der Waals surface area contributed by atoms with Crippen LogP contribution in [0.1, 0.15) is 37.5 Å². The molecule has 0 N–H and O–H groups in total. The zero-order valence-electron chi connectivity index (χ0n) is 23.1. The highest BCUT2D eigenvalue weighted by Gasteiger charge is 2.18. The molecule has 0 saturated carbocycles. The summed E-state index contributed by atoms with van der Waals surface area (Å²) in [6, 6.07) is 18.9. The van der Waals surface area contributed by atoms with Crippen molar-refractivity contribution in [3.63, 3.8) is 0 Å². The Morgan fingerprint density at radius 3 is 1.00 bits per heavy atom. The van der Waals surface area contributed by atoms with Gasteiger partial charge in [-0.3, -0.25) is 14.4 Å². The molecule has 0 bridgehead atoms. The van der Waals surface area contributed by atoms with E-state index >= 15 is 0 Å². The number of hydrogen-bond donors (Lipinski definition) is 0. The average molecular weight is 574 g/mol. The third-order valence-electron chi connectivity index (χ3n) is 5.89. The van der Waals surface area contributed by atoms with Gasteiger partial charge in [0.15, 0.2) is 0 Å². The fraction of sp³-hybridized carbons (Fsp3) is 0.200. The Morgan fingerprint density at radius 1 is 0.500 bits per heavy atom. The van der Waals surface area contributed by atoms with Gasteiger partial charge in [-0.05, 0) is 53.1 Å². The number of carbonyl (C=O) groups is 3. The number of ether oxygens (including phenoxy) is 3. The molecule has 216 valence electrons. The number of benzene rings is 3. The molecule has 4 rings (SSSR count). The van der Waals surface area contributed by atoms with Crippen molar-refractivity contribution in [3.8, 4) is 17.2 Å². The first-order valence-corrected chi connectivity index (χ1v) is 12.8. The minimum absolute atomic E-state index is 0.228. The summed E-state index contributed by atoms with van der Waals surface area (Å²) < 4.78 is 18.1. The largest absolute Gasteiger partial charge is 0.427 e. The van der Waals surface area contributed by atoms with E-state index in [0.29, 0.717) is 16.7 Å². The maximum Gasteiger partial charge on any atom is 0.336 e. The van der Waals surface area contributed by atoms with Crippen LogP contribution in [0.4, 0.5) is 0 Å². The monoisotopic (exact) mass is 573 g/mol. The minimum atomic E-state index is -0.870. The average Bonchev–Trinajstić information content (AvgIpc) is 2.91. The molecular formula is C30H27N3O9. The lowest BCUT2D eigenvalue weighted by Gasteiger charge is -2.15. The van der Waals surface area contributed by atoms with E-state index in [1.807, 2.05) is 0 Å². The van der Waals surface area contributed by atoms with Gasteiger partial charge in [0.1, 0.15) is 17.2 Å². The van der Waals surface area contributed by atoms with Crippen LogP contribution in [0.2, 0.25) is 0 Å². The molecule has 0 fully saturated rings. The third kappa shape index (κ3) is 7.36. The third-order valence-corrected chi connectivity index (χ3v) is 5.89. The van der Waals surface area contributed by atoms with Crippen LogP contribution in [0.25, 0.3) is 0 Å². The van der Waals surface area contributed by atoms with Crippen molar-refractivity contribution in [1.82, 2.24) is 13.7 Å². The Morgan fingerprint density at radius 2 is 0.762 bits per heavy atom. The molecule has 12 nitrogen and oxygen atoms in total. The van der Waals surface area contributed by atoms with E-state index < -0.39 is 35.0 Å². The number of rotatable bonds is 9. The van der Waals surface area contributed by atoms with Crippen molar-refractivity contribution in [3.05, 3.63) is 121 Å². The second-order valence-electron chi connectivity index (χ2n) is 9.33. The zero-order valence-corrected chi connectivity index (χ0v) is 23.1. The Kier molecular flexibility index (Phi) is 8.96. The Labute approximate surface area is 238 Å². The molecule has 0 atom stereocenters. The van der Waals surface area contributed by atoms with Gasteiger partial charge in [-0.25, -0.2) is 28.1 Å². The number of carbonyl (C=O) groups excluding carboxylic acids is 3. The van der Waals surface area contributed by atoms with Crippen LogP contribution in [0.3, 0.4) is 0 Å². The summed E-state index contributed by atoms with van der Waals surface area (Å²) >= 11 is 0. The molecule has 0 aliphatic carbocycles. The van der Waals surface area contributed by atoms with Crippen molar-refractivity contribution in [2.24, 2.45) is 0 Å². The summed E-state index contributed by atoms with van der Waals surface area (Å²) in [7, 11) is 0. The van der Waals surface area contributed by atoms with Gasteiger partial charge in [-0.2, -0.15) is 0 Å². The van der Waals surface area contributed by atoms with Gasteiger partial charge in [-0.15, -0.1) is 0 Å². The first-order valence-electron chi connectivity index (χ1n) is 12.8. The van der Waals surface area contributed by atoms with Gasteiger partial charge in [0, 0.05) is 20.8 Å². The highest BCUT2D eigenvalue weighted by Crippen LogP contribution is 2.16. The number of nitrogens with zero attached hydrogens (tertiary/aromatic N) is 3. The first-order chi connectivity index (χ1) is 20.0. The van der Waals surface area contributed by atoms with Crippen molar-refractivity contribution in [2.75, 3.05) is 0 Å². The summed E-state index contributed by atoms with van der Waals surface area (Å²) in [5.74, 6) is -0.921. The topological polar surface area (TPSA) is 145 Å². The lowest BCUT2D eigenvalue weighted by molar-refractivity contribution is -0.132. The molecule has 0 spiro atoms. The minimum Gasteiger partial charge on any atom is -0.427 e. The highest BCUT2D eigenvalue weighted by atomic mass is 16.5. The van der Waals surface area contributed by atoms with Gasteiger partial charge < -0.3 is 14.2 Å². The standard InChI is InChI=1S/C30H27N3O9/c1-19(34)40-25-10-4-7-22(13-25)16-31-28(37)32(17-23-8-5-11-26(14-23)41-20(2)35)30(39)33(29(31)38)18-24-9-6-12-27(15-24)42-21(3)36/h4-15H,16-18H2,1-3H3. The van der Waals surface area contributed by atoms with Gasteiger partial charge in [0.25, 0.3) is 0 Å². The van der Waals surface area contributed by atoms with Crippen molar-refractivity contribution >= 4 is 17.9 Å². The van der Waals surface area contributed by atoms with Crippen LogP contribution in [0.5, 0.6) is 17.2 Å². The lowest BCUT2D eigenvalue weighted by atomic mass is 10.2. The van der Waals surface area contributed by atoms with Gasteiger partial charge >= 0.3 is 35.0 Å². The van der Waals surface area contributed by atoms with E-state index in [2.05, 4.69) is 0 Å². The summed E-state index contributed by atoms with van der Waals surface area (Å²) in [5.41, 5.74) is -1.20. The number of aromatic nitrogens is 3. The molecule has 1 heterocycles. The lowest BCUT2D eigenvalue weighted by Crippen LogP contribution is -2.54. The number of esters is 3. The van der Waals surface area contributed by atoms with Crippen LogP contribution in [-0.4, -0.2) is 31.6 Å². The van der Waals surface area contributed by atoms with Crippen LogP contribution in [-0.2, 0) is 34.0 Å². The molecule has 1 aromatic heterocycles. The summed E-state index contributed by atoms with van der Waals surface area (Å²) in [4.78, 5) is 75.0.